The largest absolute Gasteiger partial charge is 0.468 e. The molecule has 0 aliphatic carbocycles. The van der Waals surface area contributed by atoms with Crippen molar-refractivity contribution in [3.05, 3.63) is 59.3 Å². The van der Waals surface area contributed by atoms with Crippen molar-refractivity contribution in [2.45, 2.75) is 11.5 Å². The Morgan fingerprint density at radius 3 is 2.88 bits per heavy atom. The molecular formula is C13H10FNOS. The van der Waals surface area contributed by atoms with Crippen molar-refractivity contribution in [2.75, 3.05) is 0 Å². The maximum atomic E-state index is 13.4. The minimum atomic E-state index is -0.268. The van der Waals surface area contributed by atoms with Crippen LogP contribution in [0, 0.1) is 17.1 Å². The van der Waals surface area contributed by atoms with Crippen molar-refractivity contribution in [1.82, 2.24) is 0 Å². The Morgan fingerprint density at radius 2 is 2.18 bits per heavy atom. The van der Waals surface area contributed by atoms with Gasteiger partial charge in [-0.2, -0.15) is 5.26 Å². The van der Waals surface area contributed by atoms with Crippen molar-refractivity contribution >= 4 is 11.8 Å². The summed E-state index contributed by atoms with van der Waals surface area (Å²) in [5.41, 5.74) is 1.04. The van der Waals surface area contributed by atoms with E-state index in [0.29, 0.717) is 22.6 Å². The van der Waals surface area contributed by atoms with Gasteiger partial charge in [-0.3, -0.25) is 0 Å². The van der Waals surface area contributed by atoms with E-state index in [0.717, 1.165) is 5.76 Å². The van der Waals surface area contributed by atoms with Crippen LogP contribution in [0.5, 0.6) is 0 Å². The molecule has 0 fully saturated rings. The Labute approximate surface area is 103 Å². The average molecular weight is 247 g/mol. The van der Waals surface area contributed by atoms with Crippen LogP contribution >= 0.6 is 11.8 Å². The quantitative estimate of drug-likeness (QED) is 0.826. The lowest BCUT2D eigenvalue weighted by Gasteiger charge is -2.02. The molecule has 4 heteroatoms. The summed E-state index contributed by atoms with van der Waals surface area (Å²) in [5, 5.41) is 8.73. The first-order valence-corrected chi connectivity index (χ1v) is 6.23. The van der Waals surface area contributed by atoms with Gasteiger partial charge in [0.05, 0.1) is 23.6 Å². The maximum absolute atomic E-state index is 13.4. The first kappa shape index (κ1) is 11.7. The molecule has 0 aliphatic heterocycles. The zero-order chi connectivity index (χ0) is 12.1. The number of nitrogens with zero attached hydrogens (tertiary/aromatic N) is 1. The number of benzene rings is 1. The molecule has 0 spiro atoms. The van der Waals surface area contributed by atoms with E-state index in [1.54, 1.807) is 24.1 Å². The van der Waals surface area contributed by atoms with Crippen LogP contribution in [0.4, 0.5) is 4.39 Å². The summed E-state index contributed by atoms with van der Waals surface area (Å²) < 4.78 is 18.6. The number of halogens is 1. The second-order valence-corrected chi connectivity index (χ2v) is 4.48. The lowest BCUT2D eigenvalue weighted by molar-refractivity contribution is 0.530. The highest BCUT2D eigenvalue weighted by atomic mass is 32.2. The van der Waals surface area contributed by atoms with Gasteiger partial charge < -0.3 is 4.42 Å². The van der Waals surface area contributed by atoms with Crippen molar-refractivity contribution in [2.24, 2.45) is 0 Å². The standard InChI is InChI=1S/C13H10FNOS/c14-13-4-3-10(7-15)6-11(13)8-17-9-12-2-1-5-16-12/h1-6H,8-9H2. The van der Waals surface area contributed by atoms with Crippen LogP contribution in [0.15, 0.2) is 41.0 Å². The van der Waals surface area contributed by atoms with Crippen LogP contribution in [-0.2, 0) is 11.5 Å². The van der Waals surface area contributed by atoms with E-state index >= 15 is 0 Å². The highest BCUT2D eigenvalue weighted by Gasteiger charge is 2.04. The lowest BCUT2D eigenvalue weighted by atomic mass is 10.1. The molecule has 0 atom stereocenters. The molecule has 17 heavy (non-hydrogen) atoms. The number of hydrogen-bond acceptors (Lipinski definition) is 3. The van der Waals surface area contributed by atoms with E-state index in [2.05, 4.69) is 0 Å². The molecule has 2 nitrogen and oxygen atoms in total. The first-order chi connectivity index (χ1) is 8.29. The van der Waals surface area contributed by atoms with Gasteiger partial charge in [0.2, 0.25) is 0 Å². The molecule has 0 N–H and O–H groups in total. The van der Waals surface area contributed by atoms with Gasteiger partial charge in [0.1, 0.15) is 11.6 Å². The Kier molecular flexibility index (Phi) is 3.84. The van der Waals surface area contributed by atoms with Crippen molar-refractivity contribution < 1.29 is 8.81 Å². The van der Waals surface area contributed by atoms with Gasteiger partial charge in [0.15, 0.2) is 0 Å². The molecule has 0 radical (unpaired) electrons. The smallest absolute Gasteiger partial charge is 0.127 e. The van der Waals surface area contributed by atoms with E-state index in [9.17, 15) is 4.39 Å². The van der Waals surface area contributed by atoms with Crippen LogP contribution < -0.4 is 0 Å². The Hall–Kier alpha value is -1.73. The highest BCUT2D eigenvalue weighted by Crippen LogP contribution is 2.20. The number of nitriles is 1. The van der Waals surface area contributed by atoms with Crippen molar-refractivity contribution in [1.29, 1.82) is 5.26 Å². The second-order valence-electron chi connectivity index (χ2n) is 3.49. The van der Waals surface area contributed by atoms with Crippen LogP contribution in [0.2, 0.25) is 0 Å². The minimum absolute atomic E-state index is 0.268. The highest BCUT2D eigenvalue weighted by molar-refractivity contribution is 7.97. The van der Waals surface area contributed by atoms with Crippen molar-refractivity contribution in [3.8, 4) is 6.07 Å². The van der Waals surface area contributed by atoms with Gasteiger partial charge in [0, 0.05) is 5.75 Å². The minimum Gasteiger partial charge on any atom is -0.468 e. The Balaban J connectivity index is 1.97. The molecule has 1 heterocycles. The predicted molar refractivity (Wildman–Crippen MR) is 64.8 cm³/mol. The maximum Gasteiger partial charge on any atom is 0.127 e. The fourth-order valence-electron chi connectivity index (χ4n) is 1.41. The zero-order valence-corrected chi connectivity index (χ0v) is 9.84. The monoisotopic (exact) mass is 247 g/mol. The van der Waals surface area contributed by atoms with Gasteiger partial charge in [-0.1, -0.05) is 0 Å². The fraction of sp³-hybridized carbons (Fsp3) is 0.154. The van der Waals surface area contributed by atoms with Crippen LogP contribution in [0.3, 0.4) is 0 Å². The van der Waals surface area contributed by atoms with Crippen molar-refractivity contribution in [3.63, 3.8) is 0 Å². The van der Waals surface area contributed by atoms with E-state index in [4.69, 9.17) is 9.68 Å². The molecule has 0 saturated heterocycles. The summed E-state index contributed by atoms with van der Waals surface area (Å²) in [4.78, 5) is 0. The Morgan fingerprint density at radius 1 is 1.29 bits per heavy atom. The predicted octanol–water partition coefficient (Wildman–Crippen LogP) is 3.72. The molecule has 0 amide bonds. The molecule has 86 valence electrons. The summed E-state index contributed by atoms with van der Waals surface area (Å²) in [6, 6.07) is 10.1. The van der Waals surface area contributed by atoms with Crippen LogP contribution in [0.1, 0.15) is 16.9 Å². The average Bonchev–Trinajstić information content (AvgIpc) is 2.84. The normalized spacial score (nSPS) is 10.1. The lowest BCUT2D eigenvalue weighted by Crippen LogP contribution is -1.89. The van der Waals surface area contributed by atoms with Crippen LogP contribution in [0.25, 0.3) is 0 Å². The molecule has 0 bridgehead atoms. The van der Waals surface area contributed by atoms with Gasteiger partial charge >= 0.3 is 0 Å². The summed E-state index contributed by atoms with van der Waals surface area (Å²) in [7, 11) is 0. The molecule has 1 aromatic heterocycles. The van der Waals surface area contributed by atoms with E-state index in [1.807, 2.05) is 18.2 Å². The molecule has 2 aromatic rings. The topological polar surface area (TPSA) is 36.9 Å². The summed E-state index contributed by atoms with van der Waals surface area (Å²) in [5.74, 6) is 1.83. The van der Waals surface area contributed by atoms with Gasteiger partial charge in [-0.25, -0.2) is 4.39 Å². The summed E-state index contributed by atoms with van der Waals surface area (Å²) in [6.45, 7) is 0. The number of hydrogen-bond donors (Lipinski definition) is 0. The molecule has 0 unspecified atom stereocenters. The van der Waals surface area contributed by atoms with Gasteiger partial charge in [-0.15, -0.1) is 11.8 Å². The van der Waals surface area contributed by atoms with Gasteiger partial charge in [-0.05, 0) is 35.9 Å². The molecule has 0 aliphatic rings. The number of thioether (sulfide) groups is 1. The number of furan rings is 1. The molecular weight excluding hydrogens is 237 g/mol. The summed E-state index contributed by atoms with van der Waals surface area (Å²) >= 11 is 1.55. The molecule has 1 aromatic carbocycles. The zero-order valence-electron chi connectivity index (χ0n) is 9.02. The fourth-order valence-corrected chi connectivity index (χ4v) is 2.32. The van der Waals surface area contributed by atoms with Crippen LogP contribution in [-0.4, -0.2) is 0 Å². The number of rotatable bonds is 4. The summed E-state index contributed by atoms with van der Waals surface area (Å²) in [6.07, 6.45) is 1.62. The second kappa shape index (κ2) is 5.55. The Bertz CT molecular complexity index is 531. The SMILES string of the molecule is N#Cc1ccc(F)c(CSCc2ccco2)c1. The first-order valence-electron chi connectivity index (χ1n) is 5.08. The van der Waals surface area contributed by atoms with E-state index in [-0.39, 0.29) is 5.82 Å². The third kappa shape index (κ3) is 3.11. The van der Waals surface area contributed by atoms with E-state index < -0.39 is 0 Å². The van der Waals surface area contributed by atoms with E-state index in [1.165, 1.54) is 12.1 Å². The third-order valence-corrected chi connectivity index (χ3v) is 3.26. The van der Waals surface area contributed by atoms with Gasteiger partial charge in [0.25, 0.3) is 0 Å². The third-order valence-electron chi connectivity index (χ3n) is 2.26. The molecule has 2 rings (SSSR count). The molecule has 0 saturated carbocycles.